The molecule has 0 radical (unpaired) electrons. The molecular weight excluding hydrogens is 300 g/mol. The van der Waals surface area contributed by atoms with E-state index in [9.17, 15) is 10.1 Å². The van der Waals surface area contributed by atoms with Crippen LogP contribution in [0.1, 0.15) is 50.6 Å². The van der Waals surface area contributed by atoms with E-state index in [0.717, 1.165) is 30.5 Å². The maximum atomic E-state index is 12.7. The lowest BCUT2D eigenvalue weighted by molar-refractivity contribution is -0.130. The third kappa shape index (κ3) is 3.18. The highest BCUT2D eigenvalue weighted by Gasteiger charge is 2.40. The summed E-state index contributed by atoms with van der Waals surface area (Å²) in [7, 11) is 0. The summed E-state index contributed by atoms with van der Waals surface area (Å²) in [5, 5.41) is 12.6. The van der Waals surface area contributed by atoms with E-state index in [-0.39, 0.29) is 11.9 Å². The lowest BCUT2D eigenvalue weighted by atomic mass is 9.74. The molecule has 1 N–H and O–H groups in total. The van der Waals surface area contributed by atoms with Crippen molar-refractivity contribution in [3.63, 3.8) is 0 Å². The minimum atomic E-state index is -0.853. The van der Waals surface area contributed by atoms with Gasteiger partial charge in [-0.15, -0.1) is 0 Å². The van der Waals surface area contributed by atoms with Gasteiger partial charge >= 0.3 is 0 Å². The van der Waals surface area contributed by atoms with E-state index in [1.54, 1.807) is 12.5 Å². The van der Waals surface area contributed by atoms with E-state index in [4.69, 9.17) is 0 Å². The van der Waals surface area contributed by atoms with Crippen LogP contribution in [0.4, 0.5) is 0 Å². The van der Waals surface area contributed by atoms with Gasteiger partial charge in [-0.05, 0) is 37.5 Å². The van der Waals surface area contributed by atoms with Gasteiger partial charge in [0.2, 0.25) is 5.91 Å². The first-order chi connectivity index (χ1) is 11.6. The first-order valence-corrected chi connectivity index (χ1v) is 8.45. The van der Waals surface area contributed by atoms with Crippen molar-refractivity contribution in [1.82, 2.24) is 14.9 Å². The molecule has 0 saturated heterocycles. The Labute approximate surface area is 142 Å². The van der Waals surface area contributed by atoms with E-state index >= 15 is 0 Å². The number of hydrogen-bond donors (Lipinski definition) is 1. The van der Waals surface area contributed by atoms with E-state index in [0.29, 0.717) is 12.8 Å². The fourth-order valence-electron chi connectivity index (χ4n) is 3.33. The van der Waals surface area contributed by atoms with Gasteiger partial charge in [0.05, 0.1) is 18.4 Å². The number of carbonyl (C=O) groups is 1. The Kier molecular flexibility index (Phi) is 4.66. The summed E-state index contributed by atoms with van der Waals surface area (Å²) in [4.78, 5) is 16.8. The monoisotopic (exact) mass is 322 g/mol. The number of aromatic nitrogens is 2. The van der Waals surface area contributed by atoms with Crippen molar-refractivity contribution in [3.8, 4) is 11.8 Å². The van der Waals surface area contributed by atoms with Crippen molar-refractivity contribution in [1.29, 1.82) is 5.26 Å². The molecule has 124 valence electrons. The second-order valence-corrected chi connectivity index (χ2v) is 6.51. The molecule has 1 aromatic heterocycles. The number of benzene rings is 1. The quantitative estimate of drug-likeness (QED) is 0.936. The molecule has 1 saturated carbocycles. The Morgan fingerprint density at radius 3 is 2.83 bits per heavy atom. The molecule has 0 unspecified atom stereocenters. The van der Waals surface area contributed by atoms with Gasteiger partial charge in [0.25, 0.3) is 0 Å². The van der Waals surface area contributed by atoms with Crippen molar-refractivity contribution in [2.75, 3.05) is 0 Å². The average molecular weight is 322 g/mol. The van der Waals surface area contributed by atoms with E-state index in [1.165, 1.54) is 0 Å². The van der Waals surface area contributed by atoms with E-state index in [1.807, 2.05) is 42.0 Å². The Morgan fingerprint density at radius 2 is 2.17 bits per heavy atom. The SMILES string of the molecule is C[C@H](NC(=O)C1(C#N)CCCCC1)c1cccc(-n2ccnc2)c1. The van der Waals surface area contributed by atoms with Gasteiger partial charge in [-0.1, -0.05) is 31.4 Å². The molecule has 5 heteroatoms. The Morgan fingerprint density at radius 1 is 1.38 bits per heavy atom. The van der Waals surface area contributed by atoms with Crippen LogP contribution in [0.25, 0.3) is 5.69 Å². The van der Waals surface area contributed by atoms with Gasteiger partial charge in [0, 0.05) is 18.1 Å². The summed E-state index contributed by atoms with van der Waals surface area (Å²) in [6, 6.07) is 10.1. The predicted molar refractivity (Wildman–Crippen MR) is 91.3 cm³/mol. The normalized spacial score (nSPS) is 17.7. The lowest BCUT2D eigenvalue weighted by Gasteiger charge is -2.30. The van der Waals surface area contributed by atoms with Crippen molar-refractivity contribution < 1.29 is 4.79 Å². The van der Waals surface area contributed by atoms with Gasteiger partial charge in [-0.25, -0.2) is 4.98 Å². The molecule has 3 rings (SSSR count). The van der Waals surface area contributed by atoms with Gasteiger partial charge < -0.3 is 9.88 Å². The van der Waals surface area contributed by atoms with Crippen LogP contribution in [0, 0.1) is 16.7 Å². The van der Waals surface area contributed by atoms with E-state index in [2.05, 4.69) is 16.4 Å². The van der Waals surface area contributed by atoms with Crippen molar-refractivity contribution in [3.05, 3.63) is 48.5 Å². The van der Waals surface area contributed by atoms with Crippen LogP contribution >= 0.6 is 0 Å². The summed E-state index contributed by atoms with van der Waals surface area (Å²) in [6.45, 7) is 1.96. The summed E-state index contributed by atoms with van der Waals surface area (Å²) >= 11 is 0. The number of nitriles is 1. The van der Waals surface area contributed by atoms with Crippen molar-refractivity contribution in [2.45, 2.75) is 45.1 Å². The molecule has 1 aliphatic carbocycles. The zero-order valence-electron chi connectivity index (χ0n) is 13.9. The van der Waals surface area contributed by atoms with Gasteiger partial charge in [-0.2, -0.15) is 5.26 Å². The average Bonchev–Trinajstić information content (AvgIpc) is 3.17. The summed E-state index contributed by atoms with van der Waals surface area (Å²) in [6.07, 6.45) is 9.70. The van der Waals surface area contributed by atoms with Gasteiger partial charge in [0.1, 0.15) is 5.41 Å². The fraction of sp³-hybridized carbons (Fsp3) is 0.421. The highest BCUT2D eigenvalue weighted by molar-refractivity contribution is 5.85. The Hall–Kier alpha value is -2.61. The minimum Gasteiger partial charge on any atom is -0.348 e. The summed E-state index contributed by atoms with van der Waals surface area (Å²) in [5.74, 6) is -0.134. The van der Waals surface area contributed by atoms with Crippen LogP contribution in [-0.4, -0.2) is 15.5 Å². The highest BCUT2D eigenvalue weighted by Crippen LogP contribution is 2.36. The number of imidazole rings is 1. The van der Waals surface area contributed by atoms with Gasteiger partial charge in [0.15, 0.2) is 0 Å². The number of nitrogens with zero attached hydrogens (tertiary/aromatic N) is 3. The molecule has 1 aliphatic rings. The largest absolute Gasteiger partial charge is 0.348 e. The molecule has 0 spiro atoms. The Balaban J connectivity index is 1.75. The van der Waals surface area contributed by atoms with Crippen LogP contribution in [0.3, 0.4) is 0 Å². The fourth-order valence-corrected chi connectivity index (χ4v) is 3.33. The summed E-state index contributed by atoms with van der Waals surface area (Å²) < 4.78 is 1.93. The predicted octanol–water partition coefficient (Wildman–Crippen LogP) is 3.52. The van der Waals surface area contributed by atoms with Crippen LogP contribution < -0.4 is 5.32 Å². The molecule has 1 amide bonds. The molecule has 0 aliphatic heterocycles. The maximum Gasteiger partial charge on any atom is 0.240 e. The molecule has 2 aromatic rings. The zero-order valence-corrected chi connectivity index (χ0v) is 13.9. The third-order valence-corrected chi connectivity index (χ3v) is 4.88. The first kappa shape index (κ1) is 16.3. The highest BCUT2D eigenvalue weighted by atomic mass is 16.2. The topological polar surface area (TPSA) is 70.7 Å². The van der Waals surface area contributed by atoms with Crippen molar-refractivity contribution >= 4 is 5.91 Å². The third-order valence-electron chi connectivity index (χ3n) is 4.88. The molecule has 24 heavy (non-hydrogen) atoms. The van der Waals surface area contributed by atoms with Crippen molar-refractivity contribution in [2.24, 2.45) is 5.41 Å². The smallest absolute Gasteiger partial charge is 0.240 e. The standard InChI is InChI=1S/C19H22N4O/c1-15(22-18(24)19(13-20)8-3-2-4-9-19)16-6-5-7-17(12-16)23-11-10-21-14-23/h5-7,10-12,14-15H,2-4,8-9H2,1H3,(H,22,24)/t15-/m0/s1. The molecule has 5 nitrogen and oxygen atoms in total. The zero-order chi connectivity index (χ0) is 17.0. The van der Waals surface area contributed by atoms with E-state index < -0.39 is 5.41 Å². The summed E-state index contributed by atoms with van der Waals surface area (Å²) in [5.41, 5.74) is 1.16. The molecule has 1 fully saturated rings. The number of carbonyl (C=O) groups excluding carboxylic acids is 1. The lowest BCUT2D eigenvalue weighted by Crippen LogP contribution is -2.42. The molecule has 1 atom stereocenters. The molecule has 1 aromatic carbocycles. The van der Waals surface area contributed by atoms with Crippen LogP contribution in [0.5, 0.6) is 0 Å². The first-order valence-electron chi connectivity index (χ1n) is 8.45. The maximum absolute atomic E-state index is 12.7. The van der Waals surface area contributed by atoms with Crippen LogP contribution in [-0.2, 0) is 4.79 Å². The Bertz CT molecular complexity index is 739. The molecule has 1 heterocycles. The van der Waals surface area contributed by atoms with Crippen LogP contribution in [0.15, 0.2) is 43.0 Å². The molecular formula is C19H22N4O. The number of rotatable bonds is 4. The second kappa shape index (κ2) is 6.88. The number of hydrogen-bond acceptors (Lipinski definition) is 3. The second-order valence-electron chi connectivity index (χ2n) is 6.51. The number of nitrogens with one attached hydrogen (secondary N) is 1. The number of amides is 1. The minimum absolute atomic E-state index is 0.134. The van der Waals surface area contributed by atoms with Crippen LogP contribution in [0.2, 0.25) is 0 Å². The van der Waals surface area contributed by atoms with Gasteiger partial charge in [-0.3, -0.25) is 4.79 Å². The molecule has 0 bridgehead atoms.